The van der Waals surface area contributed by atoms with Crippen molar-refractivity contribution in [3.8, 4) is 0 Å². The lowest BCUT2D eigenvalue weighted by Gasteiger charge is -2.19. The Morgan fingerprint density at radius 1 is 1.54 bits per heavy atom. The molecule has 1 fully saturated rings. The smallest absolute Gasteiger partial charge is 0.246 e. The molecule has 2 atom stereocenters. The maximum Gasteiger partial charge on any atom is 0.246 e. The molecule has 0 spiro atoms. The maximum atomic E-state index is 13.9. The molecule has 3 heterocycles. The van der Waals surface area contributed by atoms with Crippen molar-refractivity contribution in [3.05, 3.63) is 35.9 Å². The molecule has 1 aliphatic heterocycles. The van der Waals surface area contributed by atoms with Crippen molar-refractivity contribution in [2.75, 3.05) is 31.6 Å². The number of anilines is 1. The van der Waals surface area contributed by atoms with Crippen LogP contribution in [0.15, 0.2) is 27.8 Å². The van der Waals surface area contributed by atoms with E-state index >= 15 is 0 Å². The number of hydrogen-bond acceptors (Lipinski definition) is 7. The van der Waals surface area contributed by atoms with Crippen molar-refractivity contribution in [2.24, 2.45) is 4.99 Å². The molecule has 0 amide bonds. The van der Waals surface area contributed by atoms with E-state index in [1.807, 2.05) is 18.7 Å². The zero-order valence-electron chi connectivity index (χ0n) is 16.4. The lowest BCUT2D eigenvalue weighted by atomic mass is 10.3. The van der Waals surface area contributed by atoms with E-state index in [-0.39, 0.29) is 18.0 Å². The van der Waals surface area contributed by atoms with E-state index in [1.54, 1.807) is 19.3 Å². The third kappa shape index (κ3) is 4.94. The van der Waals surface area contributed by atoms with E-state index in [1.165, 1.54) is 6.07 Å². The van der Waals surface area contributed by atoms with Gasteiger partial charge in [0, 0.05) is 39.0 Å². The van der Waals surface area contributed by atoms with Crippen molar-refractivity contribution < 1.29 is 13.7 Å². The monoisotopic (exact) mass is 391 g/mol. The first kappa shape index (κ1) is 20.0. The van der Waals surface area contributed by atoms with E-state index < -0.39 is 0 Å². The van der Waals surface area contributed by atoms with Gasteiger partial charge in [0.2, 0.25) is 5.89 Å². The molecule has 2 aromatic heterocycles. The summed E-state index contributed by atoms with van der Waals surface area (Å²) in [5, 5.41) is 10.4. The third-order valence-electron chi connectivity index (χ3n) is 4.46. The average Bonchev–Trinajstić information content (AvgIpc) is 3.35. The van der Waals surface area contributed by atoms with Crippen molar-refractivity contribution in [1.29, 1.82) is 0 Å². The highest BCUT2D eigenvalue weighted by Gasteiger charge is 2.26. The highest BCUT2D eigenvalue weighted by Crippen LogP contribution is 2.20. The molecule has 28 heavy (non-hydrogen) atoms. The SMILES string of the molecule is CCOC(C)c1noc(CNC(=NC)NC2CCN(c3ncccc3F)C2)n1. The molecule has 3 rings (SSSR count). The molecule has 0 aliphatic carbocycles. The summed E-state index contributed by atoms with van der Waals surface area (Å²) in [5.41, 5.74) is 0. The van der Waals surface area contributed by atoms with Crippen LogP contribution in [0.4, 0.5) is 10.2 Å². The molecule has 2 aromatic rings. The topological polar surface area (TPSA) is 101 Å². The van der Waals surface area contributed by atoms with E-state index in [2.05, 4.69) is 30.8 Å². The second-order valence-corrected chi connectivity index (χ2v) is 6.45. The summed E-state index contributed by atoms with van der Waals surface area (Å²) in [7, 11) is 1.69. The van der Waals surface area contributed by atoms with Crippen LogP contribution in [-0.2, 0) is 11.3 Å². The molecule has 1 saturated heterocycles. The first-order valence-electron chi connectivity index (χ1n) is 9.37. The van der Waals surface area contributed by atoms with Gasteiger partial charge in [-0.1, -0.05) is 5.16 Å². The van der Waals surface area contributed by atoms with E-state index in [9.17, 15) is 4.39 Å². The fourth-order valence-electron chi connectivity index (χ4n) is 3.06. The van der Waals surface area contributed by atoms with Crippen LogP contribution in [0.3, 0.4) is 0 Å². The van der Waals surface area contributed by atoms with Crippen molar-refractivity contribution in [1.82, 2.24) is 25.8 Å². The zero-order chi connectivity index (χ0) is 19.9. The van der Waals surface area contributed by atoms with Crippen LogP contribution in [0.2, 0.25) is 0 Å². The first-order valence-corrected chi connectivity index (χ1v) is 9.37. The van der Waals surface area contributed by atoms with Crippen molar-refractivity contribution >= 4 is 11.8 Å². The average molecular weight is 391 g/mol. The number of ether oxygens (including phenoxy) is 1. The molecular formula is C18H26FN7O2. The van der Waals surface area contributed by atoms with Gasteiger partial charge in [0.25, 0.3) is 0 Å². The molecule has 0 aromatic carbocycles. The predicted octanol–water partition coefficient (Wildman–Crippen LogP) is 1.65. The molecule has 2 unspecified atom stereocenters. The molecule has 9 nitrogen and oxygen atoms in total. The van der Waals surface area contributed by atoms with Crippen LogP contribution in [0, 0.1) is 5.82 Å². The van der Waals surface area contributed by atoms with Gasteiger partial charge in [-0.3, -0.25) is 4.99 Å². The first-order chi connectivity index (χ1) is 13.6. The number of rotatable bonds is 7. The van der Waals surface area contributed by atoms with Crippen LogP contribution >= 0.6 is 0 Å². The maximum absolute atomic E-state index is 13.9. The normalized spacial score (nSPS) is 18.4. The zero-order valence-corrected chi connectivity index (χ0v) is 16.4. The summed E-state index contributed by atoms with van der Waals surface area (Å²) in [5.74, 6) is 1.67. The third-order valence-corrected chi connectivity index (χ3v) is 4.46. The highest BCUT2D eigenvalue weighted by atomic mass is 19.1. The molecule has 0 radical (unpaired) electrons. The number of pyridine rings is 1. The van der Waals surface area contributed by atoms with Gasteiger partial charge in [0.05, 0.1) is 6.54 Å². The molecule has 0 bridgehead atoms. The van der Waals surface area contributed by atoms with Gasteiger partial charge < -0.3 is 24.8 Å². The number of nitrogens with one attached hydrogen (secondary N) is 2. The molecule has 1 aliphatic rings. The standard InChI is InChI=1S/C18H26FN7O2/c1-4-27-12(2)16-24-15(28-25-16)10-22-18(20-3)23-13-7-9-26(11-13)17-14(19)6-5-8-21-17/h5-6,8,12-13H,4,7,9-11H2,1-3H3,(H2,20,22,23). The van der Waals surface area contributed by atoms with E-state index in [0.717, 1.165) is 13.0 Å². The Bertz CT molecular complexity index is 798. The Morgan fingerprint density at radius 3 is 3.14 bits per heavy atom. The molecule has 2 N–H and O–H groups in total. The van der Waals surface area contributed by atoms with Crippen molar-refractivity contribution in [2.45, 2.75) is 39.0 Å². The van der Waals surface area contributed by atoms with Crippen LogP contribution < -0.4 is 15.5 Å². The molecule has 0 saturated carbocycles. The minimum Gasteiger partial charge on any atom is -0.371 e. The summed E-state index contributed by atoms with van der Waals surface area (Å²) in [6, 6.07) is 3.15. The summed E-state index contributed by atoms with van der Waals surface area (Å²) in [4.78, 5) is 14.6. The van der Waals surface area contributed by atoms with Crippen LogP contribution in [-0.4, -0.2) is 53.9 Å². The van der Waals surface area contributed by atoms with Gasteiger partial charge in [-0.15, -0.1) is 0 Å². The van der Waals surface area contributed by atoms with Crippen molar-refractivity contribution in [3.63, 3.8) is 0 Å². The van der Waals surface area contributed by atoms with Crippen LogP contribution in [0.5, 0.6) is 0 Å². The number of guanidine groups is 1. The summed E-state index contributed by atoms with van der Waals surface area (Å²) < 4.78 is 24.6. The van der Waals surface area contributed by atoms with Gasteiger partial charge >= 0.3 is 0 Å². The molecular weight excluding hydrogens is 365 g/mol. The quantitative estimate of drug-likeness (QED) is 0.543. The number of aliphatic imine (C=N–C) groups is 1. The molecule has 152 valence electrons. The van der Waals surface area contributed by atoms with E-state index in [4.69, 9.17) is 9.26 Å². The lowest BCUT2D eigenvalue weighted by Crippen LogP contribution is -2.44. The van der Waals surface area contributed by atoms with Crippen LogP contribution in [0.1, 0.15) is 38.1 Å². The van der Waals surface area contributed by atoms with E-state index in [0.29, 0.717) is 43.2 Å². The highest BCUT2D eigenvalue weighted by molar-refractivity contribution is 5.80. The number of halogens is 1. The van der Waals surface area contributed by atoms with Gasteiger partial charge in [-0.2, -0.15) is 4.98 Å². The Hall–Kier alpha value is -2.75. The number of nitrogens with zero attached hydrogens (tertiary/aromatic N) is 5. The second kappa shape index (κ2) is 9.45. The second-order valence-electron chi connectivity index (χ2n) is 6.45. The fourth-order valence-corrected chi connectivity index (χ4v) is 3.06. The minimum absolute atomic E-state index is 0.129. The predicted molar refractivity (Wildman–Crippen MR) is 102 cm³/mol. The summed E-state index contributed by atoms with van der Waals surface area (Å²) >= 11 is 0. The fraction of sp³-hybridized carbons (Fsp3) is 0.556. The Balaban J connectivity index is 1.50. The van der Waals surface area contributed by atoms with Gasteiger partial charge in [-0.05, 0) is 32.4 Å². The largest absolute Gasteiger partial charge is 0.371 e. The van der Waals surface area contributed by atoms with Gasteiger partial charge in [0.15, 0.2) is 23.4 Å². The Kier molecular flexibility index (Phi) is 6.75. The van der Waals surface area contributed by atoms with Crippen LogP contribution in [0.25, 0.3) is 0 Å². The molecule has 10 heteroatoms. The summed E-state index contributed by atoms with van der Waals surface area (Å²) in [6.45, 7) is 6.09. The van der Waals surface area contributed by atoms with Gasteiger partial charge in [0.1, 0.15) is 6.10 Å². The number of aromatic nitrogens is 3. The Labute approximate surface area is 163 Å². The summed E-state index contributed by atoms with van der Waals surface area (Å²) in [6.07, 6.45) is 2.24. The minimum atomic E-state index is -0.306. The van der Waals surface area contributed by atoms with Gasteiger partial charge in [-0.25, -0.2) is 9.37 Å². The number of hydrogen-bond donors (Lipinski definition) is 2. The Morgan fingerprint density at radius 2 is 2.39 bits per heavy atom. The lowest BCUT2D eigenvalue weighted by molar-refractivity contribution is 0.0683.